The number of hydrogen-bond donors (Lipinski definition) is 1. The molecule has 0 aliphatic rings. The van der Waals surface area contributed by atoms with E-state index in [2.05, 4.69) is 22.6 Å². The van der Waals surface area contributed by atoms with Gasteiger partial charge in [0.05, 0.1) is 5.92 Å². The van der Waals surface area contributed by atoms with E-state index in [-0.39, 0.29) is 11.8 Å². The Morgan fingerprint density at radius 3 is 2.31 bits per heavy atom. The molecule has 0 aromatic carbocycles. The Morgan fingerprint density at radius 1 is 1.31 bits per heavy atom. The van der Waals surface area contributed by atoms with Gasteiger partial charge in [-0.2, -0.15) is 0 Å². The zero-order valence-electron chi connectivity index (χ0n) is 8.42. The van der Waals surface area contributed by atoms with Crippen LogP contribution in [0.15, 0.2) is 0 Å². The smallest absolute Gasteiger partial charge is 0.306 e. The van der Waals surface area contributed by atoms with E-state index in [0.717, 1.165) is 12.8 Å². The Morgan fingerprint density at radius 2 is 1.92 bits per heavy atom. The van der Waals surface area contributed by atoms with Crippen molar-refractivity contribution in [3.8, 4) is 0 Å². The number of unbranched alkanes of at least 4 members (excludes halogenated alkanes) is 2. The van der Waals surface area contributed by atoms with E-state index in [0.29, 0.717) is 0 Å². The number of aliphatic carboxylic acids is 1. The zero-order valence-corrected chi connectivity index (χ0v) is 10.6. The molecular weight excluding hydrogens is 279 g/mol. The van der Waals surface area contributed by atoms with Gasteiger partial charge in [0, 0.05) is 0 Å². The van der Waals surface area contributed by atoms with E-state index in [9.17, 15) is 4.79 Å². The number of carbonyl (C=O) groups is 1. The molecule has 0 heterocycles. The quantitative estimate of drug-likeness (QED) is 0.444. The number of alkyl halides is 1. The summed E-state index contributed by atoms with van der Waals surface area (Å²) in [6.45, 7) is 3.97. The average molecular weight is 298 g/mol. The van der Waals surface area contributed by atoms with Crippen molar-refractivity contribution in [1.29, 1.82) is 0 Å². The summed E-state index contributed by atoms with van der Waals surface area (Å²) in [5, 5.41) is 8.90. The van der Waals surface area contributed by atoms with Gasteiger partial charge in [-0.25, -0.2) is 0 Å². The molecule has 13 heavy (non-hydrogen) atoms. The first-order valence-corrected chi connectivity index (χ1v) is 6.41. The van der Waals surface area contributed by atoms with Crippen LogP contribution < -0.4 is 0 Å². The van der Waals surface area contributed by atoms with E-state index < -0.39 is 5.97 Å². The van der Waals surface area contributed by atoms with Crippen molar-refractivity contribution in [3.63, 3.8) is 0 Å². The molecule has 1 N–H and O–H groups in total. The molecule has 0 rings (SSSR count). The number of rotatable bonds is 7. The maximum Gasteiger partial charge on any atom is 0.306 e. The van der Waals surface area contributed by atoms with E-state index in [1.165, 1.54) is 17.3 Å². The predicted molar refractivity (Wildman–Crippen MR) is 63.3 cm³/mol. The fraction of sp³-hybridized carbons (Fsp3) is 0.900. The van der Waals surface area contributed by atoms with Crippen LogP contribution in [0.1, 0.15) is 39.5 Å². The molecule has 0 radical (unpaired) electrons. The molecule has 0 aliphatic heterocycles. The van der Waals surface area contributed by atoms with Gasteiger partial charge in [-0.15, -0.1) is 0 Å². The van der Waals surface area contributed by atoms with Crippen molar-refractivity contribution >= 4 is 28.6 Å². The Labute approximate surface area is 94.2 Å². The Bertz CT molecular complexity index is 146. The third kappa shape index (κ3) is 6.29. The van der Waals surface area contributed by atoms with Crippen LogP contribution in [-0.4, -0.2) is 15.5 Å². The maximum absolute atomic E-state index is 10.8. The Balaban J connectivity index is 3.64. The highest BCUT2D eigenvalue weighted by molar-refractivity contribution is 14.1. The predicted octanol–water partition coefficient (Wildman–Crippen LogP) is 3.34. The van der Waals surface area contributed by atoms with Crippen LogP contribution in [0.5, 0.6) is 0 Å². The van der Waals surface area contributed by atoms with Crippen molar-refractivity contribution in [2.45, 2.75) is 39.5 Å². The molecule has 2 nitrogen and oxygen atoms in total. The Kier molecular flexibility index (Phi) is 7.71. The first-order valence-electron chi connectivity index (χ1n) is 4.88. The standard InChI is InChI=1S/C10H19IO2/c1-8(2)9(10(12)13)6-4-3-5-7-11/h8-9H,3-7H2,1-2H3,(H,12,13). The fourth-order valence-electron chi connectivity index (χ4n) is 1.38. The summed E-state index contributed by atoms with van der Waals surface area (Å²) < 4.78 is 1.18. The van der Waals surface area contributed by atoms with Gasteiger partial charge >= 0.3 is 5.97 Å². The lowest BCUT2D eigenvalue weighted by atomic mass is 9.90. The van der Waals surface area contributed by atoms with Gasteiger partial charge < -0.3 is 5.11 Å². The second-order valence-electron chi connectivity index (χ2n) is 3.73. The van der Waals surface area contributed by atoms with Crippen LogP contribution in [-0.2, 0) is 4.79 Å². The van der Waals surface area contributed by atoms with E-state index >= 15 is 0 Å². The topological polar surface area (TPSA) is 37.3 Å². The number of halogens is 1. The monoisotopic (exact) mass is 298 g/mol. The number of carboxylic acids is 1. The van der Waals surface area contributed by atoms with Crippen LogP contribution in [0.25, 0.3) is 0 Å². The lowest BCUT2D eigenvalue weighted by molar-refractivity contribution is -0.143. The number of carboxylic acid groups (broad SMARTS) is 1. The highest BCUT2D eigenvalue weighted by Crippen LogP contribution is 2.19. The van der Waals surface area contributed by atoms with Gasteiger partial charge in [-0.05, 0) is 23.2 Å². The minimum atomic E-state index is -0.635. The van der Waals surface area contributed by atoms with Gasteiger partial charge in [0.1, 0.15) is 0 Å². The highest BCUT2D eigenvalue weighted by atomic mass is 127. The molecule has 0 amide bonds. The SMILES string of the molecule is CC(C)C(CCCCCI)C(=O)O. The first kappa shape index (κ1) is 13.2. The van der Waals surface area contributed by atoms with Gasteiger partial charge in [0.2, 0.25) is 0 Å². The minimum Gasteiger partial charge on any atom is -0.481 e. The Hall–Kier alpha value is 0.200. The molecule has 78 valence electrons. The van der Waals surface area contributed by atoms with Crippen LogP contribution in [0.3, 0.4) is 0 Å². The molecule has 0 bridgehead atoms. The van der Waals surface area contributed by atoms with Crippen LogP contribution in [0.2, 0.25) is 0 Å². The fourth-order valence-corrected chi connectivity index (χ4v) is 1.92. The summed E-state index contributed by atoms with van der Waals surface area (Å²) in [6.07, 6.45) is 4.27. The van der Waals surface area contributed by atoms with Gasteiger partial charge in [0.15, 0.2) is 0 Å². The van der Waals surface area contributed by atoms with Crippen molar-refractivity contribution in [1.82, 2.24) is 0 Å². The molecule has 0 spiro atoms. The third-order valence-corrected chi connectivity index (χ3v) is 3.03. The van der Waals surface area contributed by atoms with Gasteiger partial charge in [-0.1, -0.05) is 49.3 Å². The molecule has 0 aliphatic carbocycles. The summed E-state index contributed by atoms with van der Waals surface area (Å²) in [4.78, 5) is 10.8. The third-order valence-electron chi connectivity index (χ3n) is 2.27. The summed E-state index contributed by atoms with van der Waals surface area (Å²) in [7, 11) is 0. The molecule has 0 fully saturated rings. The highest BCUT2D eigenvalue weighted by Gasteiger charge is 2.20. The largest absolute Gasteiger partial charge is 0.481 e. The summed E-state index contributed by atoms with van der Waals surface area (Å²) in [5.74, 6) is -0.518. The van der Waals surface area contributed by atoms with Crippen molar-refractivity contribution in [2.75, 3.05) is 4.43 Å². The summed E-state index contributed by atoms with van der Waals surface area (Å²) >= 11 is 2.35. The second-order valence-corrected chi connectivity index (χ2v) is 4.81. The van der Waals surface area contributed by atoms with E-state index in [1.54, 1.807) is 0 Å². The van der Waals surface area contributed by atoms with Crippen molar-refractivity contribution in [2.24, 2.45) is 11.8 Å². The lowest BCUT2D eigenvalue weighted by Gasteiger charge is -2.15. The molecule has 0 saturated heterocycles. The van der Waals surface area contributed by atoms with Crippen LogP contribution in [0.4, 0.5) is 0 Å². The maximum atomic E-state index is 10.8. The molecule has 1 atom stereocenters. The van der Waals surface area contributed by atoms with E-state index in [4.69, 9.17) is 5.11 Å². The number of hydrogen-bond acceptors (Lipinski definition) is 1. The summed E-state index contributed by atoms with van der Waals surface area (Å²) in [5.41, 5.74) is 0. The molecular formula is C10H19IO2. The average Bonchev–Trinajstić information content (AvgIpc) is 2.02. The van der Waals surface area contributed by atoms with Gasteiger partial charge in [-0.3, -0.25) is 4.79 Å². The van der Waals surface area contributed by atoms with Gasteiger partial charge in [0.25, 0.3) is 0 Å². The lowest BCUT2D eigenvalue weighted by Crippen LogP contribution is -2.19. The van der Waals surface area contributed by atoms with Crippen LogP contribution >= 0.6 is 22.6 Å². The zero-order chi connectivity index (χ0) is 10.3. The minimum absolute atomic E-state index is 0.144. The normalized spacial score (nSPS) is 13.2. The molecule has 3 heteroatoms. The molecule has 1 unspecified atom stereocenters. The van der Waals surface area contributed by atoms with E-state index in [1.807, 2.05) is 13.8 Å². The second kappa shape index (κ2) is 7.59. The summed E-state index contributed by atoms with van der Waals surface area (Å²) in [6, 6.07) is 0. The van der Waals surface area contributed by atoms with Crippen LogP contribution in [0, 0.1) is 11.8 Å². The molecule has 0 aromatic heterocycles. The first-order chi connectivity index (χ1) is 6.09. The molecule has 0 aromatic rings. The van der Waals surface area contributed by atoms with Crippen molar-refractivity contribution in [3.05, 3.63) is 0 Å². The molecule has 0 saturated carbocycles. The van der Waals surface area contributed by atoms with Crippen molar-refractivity contribution < 1.29 is 9.90 Å².